The lowest BCUT2D eigenvalue weighted by atomic mass is 9.77. The fourth-order valence-corrected chi connectivity index (χ4v) is 8.98. The van der Waals surface area contributed by atoms with Crippen molar-refractivity contribution in [2.75, 3.05) is 10.6 Å². The van der Waals surface area contributed by atoms with Crippen molar-refractivity contribution in [2.45, 2.75) is 69.9 Å². The molecular formula is C37H36IN3O5. The lowest BCUT2D eigenvalue weighted by Crippen LogP contribution is -2.56. The molecule has 3 aliphatic heterocycles. The zero-order chi connectivity index (χ0) is 32.0. The van der Waals surface area contributed by atoms with Gasteiger partial charge in [-0.1, -0.05) is 68.4 Å². The van der Waals surface area contributed by atoms with Crippen LogP contribution in [0.3, 0.4) is 0 Å². The predicted molar refractivity (Wildman–Crippen MR) is 187 cm³/mol. The van der Waals surface area contributed by atoms with Crippen molar-refractivity contribution in [3.63, 3.8) is 0 Å². The monoisotopic (exact) mass is 729 g/mol. The molecule has 2 bridgehead atoms. The third kappa shape index (κ3) is 6.15. The van der Waals surface area contributed by atoms with E-state index < -0.39 is 6.09 Å². The highest BCUT2D eigenvalue weighted by Gasteiger charge is 2.70. The number of fused-ring (bicyclic) bond motifs is 6. The molecule has 8 nitrogen and oxygen atoms in total. The van der Waals surface area contributed by atoms with Crippen molar-refractivity contribution in [2.24, 2.45) is 5.41 Å². The van der Waals surface area contributed by atoms with Gasteiger partial charge in [0.2, 0.25) is 5.91 Å². The number of halogens is 1. The van der Waals surface area contributed by atoms with E-state index >= 15 is 0 Å². The van der Waals surface area contributed by atoms with Gasteiger partial charge in [-0.25, -0.2) is 7.91 Å². The normalized spacial score (nSPS) is 24.2. The van der Waals surface area contributed by atoms with Crippen molar-refractivity contribution in [3.8, 4) is 11.1 Å². The number of aryl methyl sites for hydroxylation is 1. The van der Waals surface area contributed by atoms with Crippen LogP contribution in [0, 0.1) is 5.41 Å². The summed E-state index contributed by atoms with van der Waals surface area (Å²) in [4.78, 5) is 37.1. The van der Waals surface area contributed by atoms with Crippen LogP contribution in [0.2, 0.25) is 0 Å². The lowest BCUT2D eigenvalue weighted by molar-refractivity contribution is -0.116. The SMILES string of the molecule is CC1(C)CC(OC(=O)Nc2ccc(CCCC(=O)Nc3ccc4cc(C=O)ccc4c3)cc2-c2ccccc2)C2C3OC3C1N2I. The first-order valence-corrected chi connectivity index (χ1v) is 16.7. The molecule has 0 saturated carbocycles. The van der Waals surface area contributed by atoms with Gasteiger partial charge >= 0.3 is 6.09 Å². The second-order valence-corrected chi connectivity index (χ2v) is 14.3. The van der Waals surface area contributed by atoms with E-state index in [0.717, 1.165) is 45.9 Å². The average Bonchev–Trinajstić information content (AvgIpc) is 3.75. The minimum absolute atomic E-state index is 0.0238. The largest absolute Gasteiger partial charge is 0.444 e. The van der Waals surface area contributed by atoms with E-state index in [2.05, 4.69) is 56.5 Å². The number of amides is 2. The minimum Gasteiger partial charge on any atom is -0.444 e. The Morgan fingerprint density at radius 3 is 2.57 bits per heavy atom. The van der Waals surface area contributed by atoms with Crippen LogP contribution in [-0.4, -0.2) is 51.8 Å². The molecule has 0 radical (unpaired) electrons. The predicted octanol–water partition coefficient (Wildman–Crippen LogP) is 7.80. The minimum atomic E-state index is -0.465. The summed E-state index contributed by atoms with van der Waals surface area (Å²) < 4.78 is 14.4. The van der Waals surface area contributed by atoms with Crippen LogP contribution in [0.25, 0.3) is 21.9 Å². The lowest BCUT2D eigenvalue weighted by Gasteiger charge is -2.46. The number of carbonyl (C=O) groups excluding carboxylic acids is 3. The van der Waals surface area contributed by atoms with Gasteiger partial charge in [-0.15, -0.1) is 0 Å². The summed E-state index contributed by atoms with van der Waals surface area (Å²) in [5.41, 5.74) is 4.97. The number of anilines is 2. The number of nitrogens with zero attached hydrogens (tertiary/aromatic N) is 1. The molecule has 3 heterocycles. The fraction of sp³-hybridized carbons (Fsp3) is 0.324. The summed E-state index contributed by atoms with van der Waals surface area (Å²) >= 11 is 2.38. The van der Waals surface area contributed by atoms with Crippen molar-refractivity contribution in [3.05, 3.63) is 96.1 Å². The Labute approximate surface area is 282 Å². The number of benzene rings is 4. The van der Waals surface area contributed by atoms with E-state index in [4.69, 9.17) is 9.47 Å². The van der Waals surface area contributed by atoms with Gasteiger partial charge in [-0.3, -0.25) is 14.9 Å². The fourth-order valence-electron chi connectivity index (χ4n) is 7.23. The molecule has 0 spiro atoms. The van der Waals surface area contributed by atoms with Crippen LogP contribution in [0.1, 0.15) is 49.0 Å². The van der Waals surface area contributed by atoms with Gasteiger partial charge in [0.1, 0.15) is 24.6 Å². The maximum Gasteiger partial charge on any atom is 0.411 e. The molecule has 5 atom stereocenters. The van der Waals surface area contributed by atoms with E-state index in [9.17, 15) is 14.4 Å². The molecule has 3 saturated heterocycles. The number of epoxide rings is 1. The Balaban J connectivity index is 0.994. The van der Waals surface area contributed by atoms with Crippen LogP contribution in [0.5, 0.6) is 0 Å². The molecule has 2 amide bonds. The molecule has 0 aromatic heterocycles. The van der Waals surface area contributed by atoms with Crippen molar-refractivity contribution in [1.82, 2.24) is 3.11 Å². The Bertz CT molecular complexity index is 1810. The van der Waals surface area contributed by atoms with Crippen molar-refractivity contribution >= 4 is 63.3 Å². The number of nitrogens with one attached hydrogen (secondary N) is 2. The zero-order valence-corrected chi connectivity index (χ0v) is 27.9. The van der Waals surface area contributed by atoms with Gasteiger partial charge in [0, 0.05) is 46.1 Å². The highest BCUT2D eigenvalue weighted by Crippen LogP contribution is 2.57. The Morgan fingerprint density at radius 1 is 0.978 bits per heavy atom. The molecule has 9 heteroatoms. The molecule has 2 N–H and O–H groups in total. The summed E-state index contributed by atoms with van der Waals surface area (Å²) in [5, 5.41) is 7.93. The number of carbonyl (C=O) groups is 3. The second kappa shape index (κ2) is 12.4. The molecule has 4 aromatic rings. The second-order valence-electron chi connectivity index (χ2n) is 13.2. The average molecular weight is 730 g/mol. The Hall–Kier alpha value is -3.80. The number of morpholine rings is 1. The maximum absolute atomic E-state index is 13.3. The first-order valence-electron chi connectivity index (χ1n) is 15.7. The number of piperidine rings is 1. The van der Waals surface area contributed by atoms with Gasteiger partial charge in [0.25, 0.3) is 0 Å². The van der Waals surface area contributed by atoms with Gasteiger partial charge in [-0.2, -0.15) is 0 Å². The first-order chi connectivity index (χ1) is 22.2. The topological polar surface area (TPSA) is 100 Å². The van der Waals surface area contributed by atoms with E-state index in [0.29, 0.717) is 36.6 Å². The van der Waals surface area contributed by atoms with Crippen molar-refractivity contribution < 1.29 is 23.9 Å². The third-order valence-electron chi connectivity index (χ3n) is 9.49. The summed E-state index contributed by atoms with van der Waals surface area (Å²) in [6.45, 7) is 4.45. The molecule has 0 aliphatic carbocycles. The van der Waals surface area contributed by atoms with Crippen LogP contribution >= 0.6 is 22.9 Å². The van der Waals surface area contributed by atoms with Crippen LogP contribution < -0.4 is 10.6 Å². The number of ether oxygens (including phenoxy) is 2. The molecule has 46 heavy (non-hydrogen) atoms. The molecule has 3 fully saturated rings. The quantitative estimate of drug-likeness (QED) is 0.0790. The number of aldehydes is 1. The molecule has 4 aromatic carbocycles. The van der Waals surface area contributed by atoms with E-state index in [1.54, 1.807) is 6.07 Å². The summed E-state index contributed by atoms with van der Waals surface area (Å²) in [5.74, 6) is -0.0550. The standard InChI is InChI=1S/C37H36IN3O5/c1-37(2)20-30(32-33-34(46-33)35(37)41(32)38)45-36(44)40-29-16-12-22(18-28(29)24-8-4-3-5-9-24)7-6-10-31(43)39-27-15-14-25-17-23(21-42)11-13-26(25)19-27/h3-5,8-9,11-19,21,30,32-35H,6-7,10,20H2,1-2H3,(H,39,43)(H,40,44). The molecule has 236 valence electrons. The van der Waals surface area contributed by atoms with Gasteiger partial charge in [0.15, 0.2) is 0 Å². The molecule has 7 rings (SSSR count). The summed E-state index contributed by atoms with van der Waals surface area (Å²) in [7, 11) is 0. The Morgan fingerprint density at radius 2 is 1.76 bits per heavy atom. The number of hydrogen-bond acceptors (Lipinski definition) is 6. The number of rotatable bonds is 9. The van der Waals surface area contributed by atoms with Crippen LogP contribution in [0.15, 0.2) is 84.9 Å². The van der Waals surface area contributed by atoms with Gasteiger partial charge in [-0.05, 0) is 76.9 Å². The first kappa shape index (κ1) is 30.8. The van der Waals surface area contributed by atoms with E-state index in [1.165, 1.54) is 0 Å². The molecule has 3 aliphatic rings. The maximum atomic E-state index is 13.3. The third-order valence-corrected chi connectivity index (χ3v) is 10.7. The van der Waals surface area contributed by atoms with Gasteiger partial charge < -0.3 is 14.8 Å². The van der Waals surface area contributed by atoms with Crippen LogP contribution in [0.4, 0.5) is 16.2 Å². The van der Waals surface area contributed by atoms with Crippen molar-refractivity contribution in [1.29, 1.82) is 0 Å². The van der Waals surface area contributed by atoms with E-state index in [1.807, 2.05) is 72.8 Å². The zero-order valence-electron chi connectivity index (χ0n) is 25.7. The summed E-state index contributed by atoms with van der Waals surface area (Å²) in [6.07, 6.45) is 3.01. The summed E-state index contributed by atoms with van der Waals surface area (Å²) in [6, 6.07) is 27.5. The highest BCUT2D eigenvalue weighted by atomic mass is 127. The van der Waals surface area contributed by atoms with Crippen LogP contribution in [-0.2, 0) is 20.7 Å². The van der Waals surface area contributed by atoms with Gasteiger partial charge in [0.05, 0.1) is 17.8 Å². The molecule has 5 unspecified atom stereocenters. The number of hydrogen-bond donors (Lipinski definition) is 2. The smallest absolute Gasteiger partial charge is 0.411 e. The highest BCUT2D eigenvalue weighted by molar-refractivity contribution is 14.1. The Kier molecular flexibility index (Phi) is 8.33. The molecular weight excluding hydrogens is 693 g/mol. The van der Waals surface area contributed by atoms with E-state index in [-0.39, 0.29) is 35.7 Å².